The molecule has 0 aromatic carbocycles. The summed E-state index contributed by atoms with van der Waals surface area (Å²) in [6.45, 7) is 5.63. The zero-order chi connectivity index (χ0) is 14.8. The van der Waals surface area contributed by atoms with Crippen molar-refractivity contribution in [1.82, 2.24) is 20.2 Å². The maximum absolute atomic E-state index is 12.5. The highest BCUT2D eigenvalue weighted by molar-refractivity contribution is 5.84. The Morgan fingerprint density at radius 3 is 3.00 bits per heavy atom. The third-order valence-corrected chi connectivity index (χ3v) is 4.12. The van der Waals surface area contributed by atoms with E-state index in [2.05, 4.69) is 20.6 Å². The van der Waals surface area contributed by atoms with Crippen LogP contribution in [0.5, 0.6) is 0 Å². The molecule has 0 bridgehead atoms. The minimum absolute atomic E-state index is 0.159. The molecule has 3 rings (SSSR count). The van der Waals surface area contributed by atoms with E-state index < -0.39 is 0 Å². The van der Waals surface area contributed by atoms with E-state index in [0.717, 1.165) is 43.3 Å². The molecule has 0 saturated carbocycles. The van der Waals surface area contributed by atoms with E-state index in [1.807, 2.05) is 23.8 Å². The number of anilines is 2. The molecule has 21 heavy (non-hydrogen) atoms. The fourth-order valence-electron chi connectivity index (χ4n) is 3.06. The maximum Gasteiger partial charge on any atom is 0.242 e. The van der Waals surface area contributed by atoms with Crippen molar-refractivity contribution in [3.8, 4) is 0 Å². The lowest BCUT2D eigenvalue weighted by Gasteiger charge is -2.27. The first-order valence-electron chi connectivity index (χ1n) is 7.49. The van der Waals surface area contributed by atoms with Crippen LogP contribution in [0.4, 0.5) is 11.6 Å². The standard InChI is InChI=1S/C14H22N6O/c1-3-16-13-11-7-20(10-4-5-15-6-10)12(21)8-19(2)14(11)18-9-17-13/h9-10,15H,3-8H2,1-2H3,(H,16,17,18). The molecule has 2 N–H and O–H groups in total. The number of nitrogens with one attached hydrogen (secondary N) is 2. The predicted molar refractivity (Wildman–Crippen MR) is 81.3 cm³/mol. The lowest BCUT2D eigenvalue weighted by atomic mass is 10.2. The van der Waals surface area contributed by atoms with Crippen LogP contribution in [0.25, 0.3) is 0 Å². The molecule has 1 atom stereocenters. The number of amides is 1. The van der Waals surface area contributed by atoms with Gasteiger partial charge in [0.15, 0.2) is 0 Å². The highest BCUT2D eigenvalue weighted by atomic mass is 16.2. The quantitative estimate of drug-likeness (QED) is 0.819. The van der Waals surface area contributed by atoms with Crippen molar-refractivity contribution in [2.24, 2.45) is 0 Å². The molecule has 1 amide bonds. The number of likely N-dealkylation sites (N-methyl/N-ethyl adjacent to an activating group) is 1. The van der Waals surface area contributed by atoms with Crippen molar-refractivity contribution >= 4 is 17.5 Å². The number of hydrogen-bond donors (Lipinski definition) is 2. The van der Waals surface area contributed by atoms with Crippen LogP contribution in [0, 0.1) is 0 Å². The lowest BCUT2D eigenvalue weighted by Crippen LogP contribution is -2.43. The second kappa shape index (κ2) is 5.85. The Morgan fingerprint density at radius 1 is 1.43 bits per heavy atom. The fraction of sp³-hybridized carbons (Fsp3) is 0.643. The molecule has 1 fully saturated rings. The average Bonchev–Trinajstić information content (AvgIpc) is 2.95. The monoisotopic (exact) mass is 290 g/mol. The summed E-state index contributed by atoms with van der Waals surface area (Å²) in [5.41, 5.74) is 1.01. The van der Waals surface area contributed by atoms with Crippen molar-refractivity contribution in [3.05, 3.63) is 11.9 Å². The second-order valence-corrected chi connectivity index (χ2v) is 5.58. The number of hydrogen-bond acceptors (Lipinski definition) is 6. The van der Waals surface area contributed by atoms with Gasteiger partial charge in [0.2, 0.25) is 5.91 Å². The highest BCUT2D eigenvalue weighted by Crippen LogP contribution is 2.28. The van der Waals surface area contributed by atoms with Gasteiger partial charge in [0.1, 0.15) is 18.0 Å². The van der Waals surface area contributed by atoms with E-state index in [-0.39, 0.29) is 11.9 Å². The summed E-state index contributed by atoms with van der Waals surface area (Å²) >= 11 is 0. The van der Waals surface area contributed by atoms with E-state index in [4.69, 9.17) is 0 Å². The fourth-order valence-corrected chi connectivity index (χ4v) is 3.06. The third-order valence-electron chi connectivity index (χ3n) is 4.12. The molecule has 1 unspecified atom stereocenters. The minimum Gasteiger partial charge on any atom is -0.370 e. The topological polar surface area (TPSA) is 73.4 Å². The Bertz CT molecular complexity index is 528. The summed E-state index contributed by atoms with van der Waals surface area (Å²) in [6, 6.07) is 0.270. The number of rotatable bonds is 3. The van der Waals surface area contributed by atoms with E-state index in [0.29, 0.717) is 13.1 Å². The lowest BCUT2D eigenvalue weighted by molar-refractivity contribution is -0.132. The van der Waals surface area contributed by atoms with Crippen molar-refractivity contribution in [3.63, 3.8) is 0 Å². The summed E-state index contributed by atoms with van der Waals surface area (Å²) in [7, 11) is 1.91. The van der Waals surface area contributed by atoms with Gasteiger partial charge in [0.05, 0.1) is 18.7 Å². The van der Waals surface area contributed by atoms with Gasteiger partial charge in [-0.3, -0.25) is 4.79 Å². The Hall–Kier alpha value is -1.89. The van der Waals surface area contributed by atoms with E-state index >= 15 is 0 Å². The molecule has 114 valence electrons. The molecular formula is C14H22N6O. The van der Waals surface area contributed by atoms with Gasteiger partial charge in [-0.05, 0) is 19.9 Å². The van der Waals surface area contributed by atoms with E-state index in [9.17, 15) is 4.79 Å². The maximum atomic E-state index is 12.5. The molecule has 7 heteroatoms. The first kappa shape index (κ1) is 14.1. The van der Waals surface area contributed by atoms with Crippen LogP contribution in [0.2, 0.25) is 0 Å². The van der Waals surface area contributed by atoms with E-state index in [1.54, 1.807) is 6.33 Å². The number of nitrogens with zero attached hydrogens (tertiary/aromatic N) is 4. The third kappa shape index (κ3) is 2.65. The number of carbonyl (C=O) groups excluding carboxylic acids is 1. The van der Waals surface area contributed by atoms with Crippen LogP contribution in [0.1, 0.15) is 18.9 Å². The molecule has 0 radical (unpaired) electrons. The molecule has 2 aliphatic heterocycles. The van der Waals surface area contributed by atoms with Crippen LogP contribution < -0.4 is 15.5 Å². The van der Waals surface area contributed by atoms with E-state index in [1.165, 1.54) is 0 Å². The number of aromatic nitrogens is 2. The molecule has 1 aromatic rings. The normalized spacial score (nSPS) is 22.2. The summed E-state index contributed by atoms with van der Waals surface area (Å²) in [4.78, 5) is 25.2. The zero-order valence-electron chi connectivity index (χ0n) is 12.6. The number of carbonyl (C=O) groups is 1. The molecule has 2 aliphatic rings. The molecular weight excluding hydrogens is 268 g/mol. The van der Waals surface area contributed by atoms with Gasteiger partial charge in [-0.15, -0.1) is 0 Å². The second-order valence-electron chi connectivity index (χ2n) is 5.58. The molecule has 0 spiro atoms. The first-order valence-corrected chi connectivity index (χ1v) is 7.49. The van der Waals surface area contributed by atoms with Gasteiger partial charge in [0.25, 0.3) is 0 Å². The van der Waals surface area contributed by atoms with Gasteiger partial charge >= 0.3 is 0 Å². The van der Waals surface area contributed by atoms with Gasteiger partial charge in [-0.25, -0.2) is 9.97 Å². The summed E-state index contributed by atoms with van der Waals surface area (Å²) < 4.78 is 0. The van der Waals surface area contributed by atoms with Gasteiger partial charge in [-0.1, -0.05) is 0 Å². The molecule has 7 nitrogen and oxygen atoms in total. The Morgan fingerprint density at radius 2 is 2.29 bits per heavy atom. The van der Waals surface area contributed by atoms with Gasteiger partial charge in [0, 0.05) is 26.2 Å². The molecule has 1 saturated heterocycles. The summed E-state index contributed by atoms with van der Waals surface area (Å²) in [5.74, 6) is 1.84. The van der Waals surface area contributed by atoms with Crippen LogP contribution >= 0.6 is 0 Å². The first-order chi connectivity index (χ1) is 10.2. The van der Waals surface area contributed by atoms with Crippen molar-refractivity contribution < 1.29 is 4.79 Å². The zero-order valence-corrected chi connectivity index (χ0v) is 12.6. The van der Waals surface area contributed by atoms with Crippen LogP contribution in [-0.2, 0) is 11.3 Å². The average molecular weight is 290 g/mol. The summed E-state index contributed by atoms with van der Waals surface area (Å²) in [6.07, 6.45) is 2.57. The molecule has 1 aromatic heterocycles. The van der Waals surface area contributed by atoms with Gasteiger partial charge < -0.3 is 20.4 Å². The number of fused-ring (bicyclic) bond motifs is 1. The SMILES string of the molecule is CCNc1ncnc2c1CN(C1CCNC1)C(=O)CN2C. The molecule has 0 aliphatic carbocycles. The van der Waals surface area contributed by atoms with Crippen LogP contribution in [0.15, 0.2) is 6.33 Å². The van der Waals surface area contributed by atoms with Crippen molar-refractivity contribution in [2.75, 3.05) is 43.4 Å². The summed E-state index contributed by atoms with van der Waals surface area (Å²) in [5, 5.41) is 6.61. The highest BCUT2D eigenvalue weighted by Gasteiger charge is 2.32. The Balaban J connectivity index is 1.97. The van der Waals surface area contributed by atoms with Crippen LogP contribution in [-0.4, -0.2) is 60.0 Å². The predicted octanol–water partition coefficient (Wildman–Crippen LogP) is 0.0487. The Labute approximate surface area is 124 Å². The van der Waals surface area contributed by atoms with Crippen molar-refractivity contribution in [1.29, 1.82) is 0 Å². The minimum atomic E-state index is 0.159. The van der Waals surface area contributed by atoms with Gasteiger partial charge in [-0.2, -0.15) is 0 Å². The largest absolute Gasteiger partial charge is 0.370 e. The Kier molecular flexibility index (Phi) is 3.92. The van der Waals surface area contributed by atoms with Crippen LogP contribution in [0.3, 0.4) is 0 Å². The van der Waals surface area contributed by atoms with Crippen molar-refractivity contribution in [2.45, 2.75) is 25.9 Å². The smallest absolute Gasteiger partial charge is 0.242 e. The molecule has 3 heterocycles.